The largest absolute Gasteiger partial charge is 0.497 e. The Balaban J connectivity index is 2.39. The molecule has 0 radical (unpaired) electrons. The van der Waals surface area contributed by atoms with Crippen LogP contribution in [0.25, 0.3) is 0 Å². The molecule has 0 aromatic heterocycles. The summed E-state index contributed by atoms with van der Waals surface area (Å²) in [6.45, 7) is 0.252. The molecule has 2 N–H and O–H groups in total. The number of carbonyl (C=O) groups excluding carboxylic acids is 1. The van der Waals surface area contributed by atoms with Crippen LogP contribution in [0.2, 0.25) is 0 Å². The summed E-state index contributed by atoms with van der Waals surface area (Å²) in [6, 6.07) is 15.0. The van der Waals surface area contributed by atoms with Crippen LogP contribution in [0.3, 0.4) is 0 Å². The van der Waals surface area contributed by atoms with E-state index in [0.29, 0.717) is 0 Å². The molecule has 5 heteroatoms. The summed E-state index contributed by atoms with van der Waals surface area (Å²) in [5, 5.41) is 5.90. The molecule has 1 amide bonds. The molecule has 1 atom stereocenters. The molecule has 0 aliphatic heterocycles. The molecule has 2 aromatic carbocycles. The summed E-state index contributed by atoms with van der Waals surface area (Å²) in [7, 11) is 4.99. The number of nitrogens with one attached hydrogen (secondary N) is 2. The first-order chi connectivity index (χ1) is 11.2. The highest BCUT2D eigenvalue weighted by Crippen LogP contribution is 2.30. The Morgan fingerprint density at radius 2 is 1.74 bits per heavy atom. The lowest BCUT2D eigenvalue weighted by Crippen LogP contribution is -2.35. The van der Waals surface area contributed by atoms with Crippen molar-refractivity contribution >= 4 is 5.91 Å². The van der Waals surface area contributed by atoms with Gasteiger partial charge in [0.25, 0.3) is 0 Å². The fraction of sp³-hybridized carbons (Fsp3) is 0.278. The molecule has 122 valence electrons. The predicted molar refractivity (Wildman–Crippen MR) is 89.9 cm³/mol. The summed E-state index contributed by atoms with van der Waals surface area (Å²) in [4.78, 5) is 12.1. The number of carbonyl (C=O) groups is 1. The molecule has 0 saturated carbocycles. The fourth-order valence-electron chi connectivity index (χ4n) is 2.41. The van der Waals surface area contributed by atoms with E-state index < -0.39 is 0 Å². The van der Waals surface area contributed by atoms with Gasteiger partial charge in [-0.1, -0.05) is 30.3 Å². The minimum Gasteiger partial charge on any atom is -0.497 e. The highest BCUT2D eigenvalue weighted by atomic mass is 16.5. The number of hydrogen-bond acceptors (Lipinski definition) is 4. The van der Waals surface area contributed by atoms with Gasteiger partial charge in [0.15, 0.2) is 0 Å². The van der Waals surface area contributed by atoms with E-state index in [9.17, 15) is 4.79 Å². The van der Waals surface area contributed by atoms with Crippen molar-refractivity contribution in [2.75, 3.05) is 27.8 Å². The number of likely N-dealkylation sites (N-methyl/N-ethyl adjacent to an activating group) is 1. The number of rotatable bonds is 7. The van der Waals surface area contributed by atoms with Crippen molar-refractivity contribution in [2.45, 2.75) is 6.04 Å². The van der Waals surface area contributed by atoms with Crippen LogP contribution in [0, 0.1) is 0 Å². The number of para-hydroxylation sites is 1. The van der Waals surface area contributed by atoms with Crippen molar-refractivity contribution in [3.05, 3.63) is 59.7 Å². The third kappa shape index (κ3) is 4.23. The summed E-state index contributed by atoms with van der Waals surface area (Å²) < 4.78 is 10.6. The number of amides is 1. The standard InChI is InChI=1S/C18H22N2O3/c1-19-12-17(21)20-18(13-8-10-14(22-2)11-9-13)15-6-4-5-7-16(15)23-3/h4-11,18-19H,12H2,1-3H3,(H,20,21). The van der Waals surface area contributed by atoms with Crippen LogP contribution in [0.1, 0.15) is 17.2 Å². The molecular formula is C18H22N2O3. The lowest BCUT2D eigenvalue weighted by molar-refractivity contribution is -0.120. The zero-order chi connectivity index (χ0) is 16.7. The second-order valence-corrected chi connectivity index (χ2v) is 5.05. The highest BCUT2D eigenvalue weighted by molar-refractivity contribution is 5.79. The smallest absolute Gasteiger partial charge is 0.234 e. The van der Waals surface area contributed by atoms with Crippen molar-refractivity contribution in [3.8, 4) is 11.5 Å². The Hall–Kier alpha value is -2.53. The van der Waals surface area contributed by atoms with E-state index in [-0.39, 0.29) is 18.5 Å². The normalized spacial score (nSPS) is 11.6. The predicted octanol–water partition coefficient (Wildman–Crippen LogP) is 2.13. The van der Waals surface area contributed by atoms with Gasteiger partial charge in [-0.05, 0) is 30.8 Å². The Morgan fingerprint density at radius 3 is 2.35 bits per heavy atom. The number of benzene rings is 2. The third-order valence-electron chi connectivity index (χ3n) is 3.54. The summed E-state index contributed by atoms with van der Waals surface area (Å²) in [6.07, 6.45) is 0. The third-order valence-corrected chi connectivity index (χ3v) is 3.54. The molecule has 0 spiro atoms. The molecule has 5 nitrogen and oxygen atoms in total. The molecule has 23 heavy (non-hydrogen) atoms. The van der Waals surface area contributed by atoms with Gasteiger partial charge in [-0.15, -0.1) is 0 Å². The van der Waals surface area contributed by atoms with E-state index in [0.717, 1.165) is 22.6 Å². The molecule has 0 bridgehead atoms. The zero-order valence-electron chi connectivity index (χ0n) is 13.6. The van der Waals surface area contributed by atoms with E-state index >= 15 is 0 Å². The minimum atomic E-state index is -0.294. The Kier molecular flexibility index (Phi) is 6.00. The lowest BCUT2D eigenvalue weighted by Gasteiger charge is -2.22. The highest BCUT2D eigenvalue weighted by Gasteiger charge is 2.20. The van der Waals surface area contributed by atoms with Gasteiger partial charge in [-0.25, -0.2) is 0 Å². The maximum absolute atomic E-state index is 12.1. The first kappa shape index (κ1) is 16.8. The molecule has 2 rings (SSSR count). The van der Waals surface area contributed by atoms with Crippen LogP contribution in [0.15, 0.2) is 48.5 Å². The number of hydrogen-bond donors (Lipinski definition) is 2. The van der Waals surface area contributed by atoms with Crippen molar-refractivity contribution in [2.24, 2.45) is 0 Å². The Labute approximate surface area is 136 Å². The quantitative estimate of drug-likeness (QED) is 0.822. The molecule has 2 aromatic rings. The second kappa shape index (κ2) is 8.19. The maximum Gasteiger partial charge on any atom is 0.234 e. The molecule has 0 heterocycles. The van der Waals surface area contributed by atoms with E-state index in [4.69, 9.17) is 9.47 Å². The maximum atomic E-state index is 12.1. The van der Waals surface area contributed by atoms with Crippen LogP contribution in [0.5, 0.6) is 11.5 Å². The molecule has 0 aliphatic rings. The van der Waals surface area contributed by atoms with Crippen LogP contribution in [0.4, 0.5) is 0 Å². The van der Waals surface area contributed by atoms with Gasteiger partial charge in [0.05, 0.1) is 26.8 Å². The van der Waals surface area contributed by atoms with Crippen molar-refractivity contribution in [3.63, 3.8) is 0 Å². The monoisotopic (exact) mass is 314 g/mol. The zero-order valence-corrected chi connectivity index (χ0v) is 13.6. The topological polar surface area (TPSA) is 59.6 Å². The summed E-state index contributed by atoms with van der Waals surface area (Å²) in [5.74, 6) is 1.42. The van der Waals surface area contributed by atoms with Gasteiger partial charge >= 0.3 is 0 Å². The Bertz CT molecular complexity index is 641. The average molecular weight is 314 g/mol. The SMILES string of the molecule is CNCC(=O)NC(c1ccc(OC)cc1)c1ccccc1OC. The fourth-order valence-corrected chi connectivity index (χ4v) is 2.41. The first-order valence-electron chi connectivity index (χ1n) is 7.40. The first-order valence-corrected chi connectivity index (χ1v) is 7.40. The van der Waals surface area contributed by atoms with Gasteiger partial charge in [-0.2, -0.15) is 0 Å². The minimum absolute atomic E-state index is 0.0841. The van der Waals surface area contributed by atoms with E-state index in [1.165, 1.54) is 0 Å². The van der Waals surface area contributed by atoms with E-state index in [2.05, 4.69) is 10.6 Å². The van der Waals surface area contributed by atoms with Crippen molar-refractivity contribution < 1.29 is 14.3 Å². The van der Waals surface area contributed by atoms with Crippen molar-refractivity contribution in [1.82, 2.24) is 10.6 Å². The van der Waals surface area contributed by atoms with Crippen LogP contribution >= 0.6 is 0 Å². The van der Waals surface area contributed by atoms with Gasteiger partial charge in [0.1, 0.15) is 11.5 Å². The Morgan fingerprint density at radius 1 is 1.04 bits per heavy atom. The second-order valence-electron chi connectivity index (χ2n) is 5.05. The number of methoxy groups -OCH3 is 2. The summed E-state index contributed by atoms with van der Waals surface area (Å²) in [5.41, 5.74) is 1.87. The average Bonchev–Trinajstić information content (AvgIpc) is 2.60. The van der Waals surface area contributed by atoms with E-state index in [1.54, 1.807) is 21.3 Å². The van der Waals surface area contributed by atoms with Gasteiger partial charge in [0, 0.05) is 5.56 Å². The van der Waals surface area contributed by atoms with Gasteiger partial charge < -0.3 is 20.1 Å². The van der Waals surface area contributed by atoms with Gasteiger partial charge in [-0.3, -0.25) is 4.79 Å². The van der Waals surface area contributed by atoms with Gasteiger partial charge in [0.2, 0.25) is 5.91 Å². The molecule has 1 unspecified atom stereocenters. The molecule has 0 fully saturated rings. The van der Waals surface area contributed by atoms with Crippen LogP contribution in [-0.2, 0) is 4.79 Å². The van der Waals surface area contributed by atoms with Crippen LogP contribution < -0.4 is 20.1 Å². The van der Waals surface area contributed by atoms with Crippen molar-refractivity contribution in [1.29, 1.82) is 0 Å². The van der Waals surface area contributed by atoms with Crippen LogP contribution in [-0.4, -0.2) is 33.7 Å². The van der Waals surface area contributed by atoms with E-state index in [1.807, 2.05) is 48.5 Å². The molecule has 0 saturated heterocycles. The molecule has 0 aliphatic carbocycles. The molecular weight excluding hydrogens is 292 g/mol. The lowest BCUT2D eigenvalue weighted by atomic mass is 9.97. The number of ether oxygens (including phenoxy) is 2. The summed E-state index contributed by atoms with van der Waals surface area (Å²) >= 11 is 0.